The van der Waals surface area contributed by atoms with E-state index in [1.807, 2.05) is 12.1 Å². The highest BCUT2D eigenvalue weighted by atomic mass is 32.2. The molecule has 1 aromatic carbocycles. The zero-order chi connectivity index (χ0) is 14.4. The normalized spacial score (nSPS) is 11.2. The number of benzene rings is 1. The highest BCUT2D eigenvalue weighted by Crippen LogP contribution is 2.26. The van der Waals surface area contributed by atoms with Crippen molar-refractivity contribution in [3.8, 4) is 0 Å². The van der Waals surface area contributed by atoms with E-state index in [-0.39, 0.29) is 6.29 Å². The third kappa shape index (κ3) is 4.06. The van der Waals surface area contributed by atoms with Crippen LogP contribution in [0.25, 0.3) is 0 Å². The molecule has 2 aromatic rings. The van der Waals surface area contributed by atoms with Gasteiger partial charge in [0.1, 0.15) is 0 Å². The predicted molar refractivity (Wildman–Crippen MR) is 84.3 cm³/mol. The molecule has 3 nitrogen and oxygen atoms in total. The number of hydrogen-bond donors (Lipinski definition) is 0. The largest absolute Gasteiger partial charge is 0.352 e. The van der Waals surface area contributed by atoms with Crippen molar-refractivity contribution >= 4 is 23.1 Å². The van der Waals surface area contributed by atoms with E-state index >= 15 is 0 Å². The summed E-state index contributed by atoms with van der Waals surface area (Å²) in [6, 6.07) is 8.27. The second-order valence-electron chi connectivity index (χ2n) is 4.25. The van der Waals surface area contributed by atoms with Crippen molar-refractivity contribution in [2.45, 2.75) is 30.3 Å². The Labute approximate surface area is 128 Å². The molecule has 0 radical (unpaired) electrons. The number of thiazole rings is 1. The van der Waals surface area contributed by atoms with Crippen LogP contribution in [0.2, 0.25) is 0 Å². The van der Waals surface area contributed by atoms with Crippen molar-refractivity contribution in [3.63, 3.8) is 0 Å². The molecule has 1 heterocycles. The van der Waals surface area contributed by atoms with Crippen molar-refractivity contribution < 1.29 is 9.47 Å². The van der Waals surface area contributed by atoms with Gasteiger partial charge >= 0.3 is 0 Å². The fourth-order valence-electron chi connectivity index (χ4n) is 1.82. The molecule has 0 amide bonds. The van der Waals surface area contributed by atoms with E-state index in [9.17, 15) is 0 Å². The number of aromatic nitrogens is 1. The number of hydrogen-bond acceptors (Lipinski definition) is 5. The zero-order valence-corrected chi connectivity index (χ0v) is 13.6. The van der Waals surface area contributed by atoms with Crippen molar-refractivity contribution in [2.24, 2.45) is 0 Å². The fourth-order valence-corrected chi connectivity index (χ4v) is 3.47. The Balaban J connectivity index is 1.93. The first-order chi connectivity index (χ1) is 9.76. The van der Waals surface area contributed by atoms with Gasteiger partial charge < -0.3 is 9.47 Å². The summed E-state index contributed by atoms with van der Waals surface area (Å²) in [5.41, 5.74) is 2.19. The Hall–Kier alpha value is -0.880. The van der Waals surface area contributed by atoms with Gasteiger partial charge in [-0.25, -0.2) is 4.98 Å². The Morgan fingerprint density at radius 1 is 1.20 bits per heavy atom. The van der Waals surface area contributed by atoms with Gasteiger partial charge in [-0.05, 0) is 18.6 Å². The number of rotatable bonds is 7. The van der Waals surface area contributed by atoms with Crippen molar-refractivity contribution in [3.05, 3.63) is 45.9 Å². The van der Waals surface area contributed by atoms with Crippen molar-refractivity contribution in [2.75, 3.05) is 14.2 Å². The fraction of sp³-hybridized carbons (Fsp3) is 0.400. The number of methoxy groups -OCH3 is 2. The maximum Gasteiger partial charge on any atom is 0.183 e. The van der Waals surface area contributed by atoms with E-state index in [1.165, 1.54) is 9.90 Å². The van der Waals surface area contributed by atoms with E-state index in [1.54, 1.807) is 37.3 Å². The van der Waals surface area contributed by atoms with Crippen LogP contribution in [0.15, 0.2) is 34.5 Å². The quantitative estimate of drug-likeness (QED) is 0.564. The summed E-state index contributed by atoms with van der Waals surface area (Å²) in [6.45, 7) is 2.14. The Morgan fingerprint density at radius 3 is 2.45 bits per heavy atom. The highest BCUT2D eigenvalue weighted by Gasteiger charge is 2.08. The van der Waals surface area contributed by atoms with Crippen LogP contribution in [-0.4, -0.2) is 19.2 Å². The first-order valence-corrected chi connectivity index (χ1v) is 8.35. The summed E-state index contributed by atoms with van der Waals surface area (Å²) >= 11 is 3.53. The molecule has 0 aliphatic carbocycles. The maximum atomic E-state index is 5.23. The minimum Gasteiger partial charge on any atom is -0.352 e. The average molecular weight is 309 g/mol. The van der Waals surface area contributed by atoms with Gasteiger partial charge in [-0.3, -0.25) is 0 Å². The molecule has 108 valence electrons. The topological polar surface area (TPSA) is 31.4 Å². The van der Waals surface area contributed by atoms with Gasteiger partial charge in [0.25, 0.3) is 0 Å². The van der Waals surface area contributed by atoms with Crippen LogP contribution >= 0.6 is 23.1 Å². The molecule has 0 fully saturated rings. The minimum absolute atomic E-state index is 0.292. The van der Waals surface area contributed by atoms with Gasteiger partial charge in [-0.1, -0.05) is 19.1 Å². The van der Waals surface area contributed by atoms with Crippen LogP contribution in [0.3, 0.4) is 0 Å². The van der Waals surface area contributed by atoms with Gasteiger partial charge in [0.2, 0.25) is 0 Å². The Kier molecular flexibility index (Phi) is 6.04. The van der Waals surface area contributed by atoms with E-state index in [4.69, 9.17) is 9.47 Å². The third-order valence-electron chi connectivity index (χ3n) is 2.87. The molecule has 1 aromatic heterocycles. The molecule has 0 bridgehead atoms. The summed E-state index contributed by atoms with van der Waals surface area (Å²) in [7, 11) is 3.29. The molecule has 0 N–H and O–H groups in total. The molecule has 2 rings (SSSR count). The number of aryl methyl sites for hydroxylation is 1. The first-order valence-electron chi connectivity index (χ1n) is 6.48. The highest BCUT2D eigenvalue weighted by molar-refractivity contribution is 7.98. The van der Waals surface area contributed by atoms with Crippen LogP contribution in [0, 0.1) is 0 Å². The zero-order valence-electron chi connectivity index (χ0n) is 12.0. The second-order valence-corrected chi connectivity index (χ2v) is 6.24. The van der Waals surface area contributed by atoms with E-state index in [0.717, 1.165) is 23.4 Å². The van der Waals surface area contributed by atoms with Gasteiger partial charge in [0, 0.05) is 35.8 Å². The molecular weight excluding hydrogens is 290 g/mol. The van der Waals surface area contributed by atoms with E-state index < -0.39 is 0 Å². The lowest BCUT2D eigenvalue weighted by atomic mass is 10.2. The van der Waals surface area contributed by atoms with Gasteiger partial charge in [0.15, 0.2) is 6.29 Å². The van der Waals surface area contributed by atoms with Crippen LogP contribution in [0.5, 0.6) is 0 Å². The van der Waals surface area contributed by atoms with Gasteiger partial charge in [-0.2, -0.15) is 0 Å². The first kappa shape index (κ1) is 15.5. The van der Waals surface area contributed by atoms with E-state index in [0.29, 0.717) is 0 Å². The van der Waals surface area contributed by atoms with Gasteiger partial charge in [-0.15, -0.1) is 23.1 Å². The minimum atomic E-state index is -0.292. The van der Waals surface area contributed by atoms with Crippen LogP contribution in [0.1, 0.15) is 29.5 Å². The lowest BCUT2D eigenvalue weighted by Gasteiger charge is -2.13. The molecule has 0 spiro atoms. The Morgan fingerprint density at radius 2 is 1.90 bits per heavy atom. The molecule has 0 unspecified atom stereocenters. The molecule has 0 saturated heterocycles. The number of thioether (sulfide) groups is 1. The Bertz CT molecular complexity index is 521. The number of nitrogens with zero attached hydrogens (tertiary/aromatic N) is 1. The molecular formula is C15H19NO2S2. The summed E-state index contributed by atoms with van der Waals surface area (Å²) in [4.78, 5) is 5.80. The average Bonchev–Trinajstić information content (AvgIpc) is 2.96. The summed E-state index contributed by atoms with van der Waals surface area (Å²) in [6.07, 6.45) is 0.721. The lowest BCUT2D eigenvalue weighted by Crippen LogP contribution is -2.02. The summed E-state index contributed by atoms with van der Waals surface area (Å²) in [5, 5.41) is 3.35. The predicted octanol–water partition coefficient (Wildman–Crippen LogP) is 4.29. The molecule has 0 atom stereocenters. The maximum absolute atomic E-state index is 5.23. The molecule has 20 heavy (non-hydrogen) atoms. The van der Waals surface area contributed by atoms with Crippen molar-refractivity contribution in [1.82, 2.24) is 4.98 Å². The number of ether oxygens (including phenoxy) is 2. The van der Waals surface area contributed by atoms with E-state index in [2.05, 4.69) is 29.4 Å². The monoisotopic (exact) mass is 309 g/mol. The van der Waals surface area contributed by atoms with Crippen molar-refractivity contribution in [1.29, 1.82) is 0 Å². The SMILES string of the molecule is CCc1nc(CSc2ccc(C(OC)OC)cc2)cs1. The van der Waals surface area contributed by atoms with Crippen LogP contribution in [-0.2, 0) is 21.6 Å². The molecule has 0 aliphatic heterocycles. The van der Waals surface area contributed by atoms with Crippen LogP contribution < -0.4 is 0 Å². The molecule has 5 heteroatoms. The second kappa shape index (κ2) is 7.78. The summed E-state index contributed by atoms with van der Waals surface area (Å²) in [5.74, 6) is 0.911. The lowest BCUT2D eigenvalue weighted by molar-refractivity contribution is -0.106. The summed E-state index contributed by atoms with van der Waals surface area (Å²) < 4.78 is 10.5. The van der Waals surface area contributed by atoms with Gasteiger partial charge in [0.05, 0.1) is 10.7 Å². The smallest absolute Gasteiger partial charge is 0.183 e. The standard InChI is InChI=1S/C15H19NO2S2/c1-4-14-16-12(10-20-14)9-19-13-7-5-11(6-8-13)15(17-2)18-3/h5-8,10,15H,4,9H2,1-3H3. The molecule has 0 saturated carbocycles. The molecule has 0 aliphatic rings. The third-order valence-corrected chi connectivity index (χ3v) is 4.96. The van der Waals surface area contributed by atoms with Crippen LogP contribution in [0.4, 0.5) is 0 Å².